The minimum atomic E-state index is -0.0223. The number of benzene rings is 2. The summed E-state index contributed by atoms with van der Waals surface area (Å²) in [6.07, 6.45) is 2.58. The summed E-state index contributed by atoms with van der Waals surface area (Å²) in [5, 5.41) is 9.35. The number of hydrogen-bond acceptors (Lipinski definition) is 4. The van der Waals surface area contributed by atoms with E-state index in [-0.39, 0.29) is 17.6 Å². The molecular formula is C19H21I2NO3. The van der Waals surface area contributed by atoms with E-state index in [1.807, 2.05) is 6.92 Å². The van der Waals surface area contributed by atoms with Crippen molar-refractivity contribution in [2.24, 2.45) is 5.73 Å². The number of phenolic OH excluding ortho intramolecular Hbond substituents is 1. The Morgan fingerprint density at radius 1 is 1.20 bits per heavy atom. The third-order valence-corrected chi connectivity index (χ3v) is 5.40. The van der Waals surface area contributed by atoms with Gasteiger partial charge in [0.2, 0.25) is 0 Å². The second kappa shape index (κ2) is 9.72. The summed E-state index contributed by atoms with van der Waals surface area (Å²) >= 11 is 4.51. The minimum absolute atomic E-state index is 0.0223. The van der Waals surface area contributed by atoms with Crippen molar-refractivity contribution in [2.75, 3.05) is 0 Å². The molecule has 2 rings (SSSR count). The van der Waals surface area contributed by atoms with Crippen LogP contribution in [0.3, 0.4) is 0 Å². The van der Waals surface area contributed by atoms with Crippen molar-refractivity contribution < 1.29 is 14.6 Å². The predicted octanol–water partition coefficient (Wildman–Crippen LogP) is 5.02. The number of halogens is 2. The maximum Gasteiger partial charge on any atom is 0.154 e. The molecule has 2 aromatic rings. The maximum absolute atomic E-state index is 11.4. The van der Waals surface area contributed by atoms with Crippen molar-refractivity contribution in [1.82, 2.24) is 0 Å². The van der Waals surface area contributed by atoms with Crippen molar-refractivity contribution in [3.8, 4) is 17.2 Å². The van der Waals surface area contributed by atoms with Gasteiger partial charge in [0.05, 0.1) is 7.14 Å². The molecule has 0 aliphatic heterocycles. The molecule has 6 heteroatoms. The number of hydrogen-bond donors (Lipinski definition) is 2. The number of ketones is 1. The van der Waals surface area contributed by atoms with E-state index in [2.05, 4.69) is 57.3 Å². The number of carbonyl (C=O) groups is 1. The topological polar surface area (TPSA) is 72.6 Å². The SMILES string of the molecule is CCC(=O)CC[C@@H](N)Cc1cc(I)c(Oc2ccc(O)cc2)c(I)c1. The molecule has 0 fully saturated rings. The number of aromatic hydroxyl groups is 1. The van der Waals surface area contributed by atoms with Crippen LogP contribution in [-0.4, -0.2) is 16.9 Å². The largest absolute Gasteiger partial charge is 0.508 e. The second-order valence-electron chi connectivity index (χ2n) is 5.88. The third-order valence-electron chi connectivity index (χ3n) is 3.80. The van der Waals surface area contributed by atoms with Crippen LogP contribution in [0.15, 0.2) is 36.4 Å². The molecule has 0 aliphatic rings. The first kappa shape index (κ1) is 20.4. The average Bonchev–Trinajstić information content (AvgIpc) is 2.57. The first-order valence-corrected chi connectivity index (χ1v) is 10.3. The Kier molecular flexibility index (Phi) is 7.95. The number of rotatable bonds is 8. The molecule has 3 N–H and O–H groups in total. The molecule has 0 saturated carbocycles. The van der Waals surface area contributed by atoms with Gasteiger partial charge in [-0.3, -0.25) is 4.79 Å². The van der Waals surface area contributed by atoms with Gasteiger partial charge >= 0.3 is 0 Å². The molecule has 0 bridgehead atoms. The van der Waals surface area contributed by atoms with Gasteiger partial charge < -0.3 is 15.6 Å². The van der Waals surface area contributed by atoms with Gasteiger partial charge in [0.25, 0.3) is 0 Å². The Labute approximate surface area is 175 Å². The van der Waals surface area contributed by atoms with E-state index in [1.165, 1.54) is 0 Å². The molecule has 4 nitrogen and oxygen atoms in total. The van der Waals surface area contributed by atoms with E-state index >= 15 is 0 Å². The first-order chi connectivity index (χ1) is 11.9. The Balaban J connectivity index is 2.06. The number of carbonyl (C=O) groups excluding carboxylic acids is 1. The fourth-order valence-electron chi connectivity index (χ4n) is 2.39. The summed E-state index contributed by atoms with van der Waals surface area (Å²) in [4.78, 5) is 11.4. The Hall–Kier alpha value is -0.870. The van der Waals surface area contributed by atoms with Crippen LogP contribution in [0, 0.1) is 7.14 Å². The molecule has 0 unspecified atom stereocenters. The monoisotopic (exact) mass is 565 g/mol. The summed E-state index contributed by atoms with van der Waals surface area (Å²) in [6, 6.07) is 10.8. The van der Waals surface area contributed by atoms with E-state index in [0.29, 0.717) is 25.0 Å². The summed E-state index contributed by atoms with van der Waals surface area (Å²) in [5.74, 6) is 1.95. The van der Waals surface area contributed by atoms with Crippen molar-refractivity contribution in [3.63, 3.8) is 0 Å². The van der Waals surface area contributed by atoms with Gasteiger partial charge in [-0.15, -0.1) is 0 Å². The van der Waals surface area contributed by atoms with Gasteiger partial charge in [-0.05, 0) is 100.0 Å². The molecule has 0 aliphatic carbocycles. The lowest BCUT2D eigenvalue weighted by Gasteiger charge is -2.15. The summed E-state index contributed by atoms with van der Waals surface area (Å²) < 4.78 is 7.95. The zero-order valence-corrected chi connectivity index (χ0v) is 18.3. The lowest BCUT2D eigenvalue weighted by Crippen LogP contribution is -2.23. The second-order valence-corrected chi connectivity index (χ2v) is 8.20. The van der Waals surface area contributed by atoms with Crippen molar-refractivity contribution in [3.05, 3.63) is 49.1 Å². The van der Waals surface area contributed by atoms with E-state index in [1.54, 1.807) is 24.3 Å². The average molecular weight is 565 g/mol. The predicted molar refractivity (Wildman–Crippen MR) is 116 cm³/mol. The molecule has 25 heavy (non-hydrogen) atoms. The summed E-state index contributed by atoms with van der Waals surface area (Å²) in [7, 11) is 0. The highest BCUT2D eigenvalue weighted by atomic mass is 127. The zero-order chi connectivity index (χ0) is 18.4. The highest BCUT2D eigenvalue weighted by Crippen LogP contribution is 2.33. The summed E-state index contributed by atoms with van der Waals surface area (Å²) in [5.41, 5.74) is 7.31. The van der Waals surface area contributed by atoms with Gasteiger partial charge in [-0.1, -0.05) is 6.92 Å². The molecule has 0 aromatic heterocycles. The van der Waals surface area contributed by atoms with Gasteiger partial charge in [0.15, 0.2) is 5.75 Å². The Morgan fingerprint density at radius 2 is 1.80 bits per heavy atom. The number of ether oxygens (including phenoxy) is 1. The molecule has 0 amide bonds. The highest BCUT2D eigenvalue weighted by molar-refractivity contribution is 14.1. The molecule has 1 atom stereocenters. The van der Waals surface area contributed by atoms with E-state index < -0.39 is 0 Å². The van der Waals surface area contributed by atoms with Gasteiger partial charge in [-0.25, -0.2) is 0 Å². The molecular weight excluding hydrogens is 544 g/mol. The molecule has 0 heterocycles. The Morgan fingerprint density at radius 3 is 2.36 bits per heavy atom. The van der Waals surface area contributed by atoms with Gasteiger partial charge in [0.1, 0.15) is 17.3 Å². The van der Waals surface area contributed by atoms with Crippen LogP contribution >= 0.6 is 45.2 Å². The molecule has 0 spiro atoms. The number of Topliss-reactive ketones (excluding diaryl/α,β-unsaturated/α-hetero) is 1. The van der Waals surface area contributed by atoms with E-state index in [9.17, 15) is 9.90 Å². The summed E-state index contributed by atoms with van der Waals surface area (Å²) in [6.45, 7) is 1.88. The van der Waals surface area contributed by atoms with Gasteiger partial charge in [0, 0.05) is 18.9 Å². The fourth-order valence-corrected chi connectivity index (χ4v) is 4.51. The number of phenols is 1. The van der Waals surface area contributed by atoms with Crippen molar-refractivity contribution >= 4 is 51.0 Å². The highest BCUT2D eigenvalue weighted by Gasteiger charge is 2.13. The van der Waals surface area contributed by atoms with Crippen LogP contribution < -0.4 is 10.5 Å². The first-order valence-electron chi connectivity index (χ1n) is 8.11. The van der Waals surface area contributed by atoms with Gasteiger partial charge in [-0.2, -0.15) is 0 Å². The van der Waals surface area contributed by atoms with E-state index in [0.717, 1.165) is 24.9 Å². The smallest absolute Gasteiger partial charge is 0.154 e. The standard InChI is InChI=1S/C19H21I2NO3/c1-2-14(23)4-3-13(22)9-12-10-17(20)19(18(21)11-12)25-16-7-5-15(24)6-8-16/h5-8,10-11,13,24H,2-4,9,22H2,1H3/t13-/m1/s1. The van der Waals surface area contributed by atoms with Crippen LogP contribution in [0.1, 0.15) is 31.7 Å². The van der Waals surface area contributed by atoms with Crippen molar-refractivity contribution in [2.45, 2.75) is 38.6 Å². The third kappa shape index (κ3) is 6.41. The molecule has 0 saturated heterocycles. The molecule has 134 valence electrons. The minimum Gasteiger partial charge on any atom is -0.508 e. The lowest BCUT2D eigenvalue weighted by atomic mass is 10.0. The maximum atomic E-state index is 11.4. The molecule has 0 radical (unpaired) electrons. The van der Waals surface area contributed by atoms with Crippen molar-refractivity contribution in [1.29, 1.82) is 0 Å². The van der Waals surface area contributed by atoms with Crippen LogP contribution in [-0.2, 0) is 11.2 Å². The van der Waals surface area contributed by atoms with E-state index in [4.69, 9.17) is 10.5 Å². The zero-order valence-electron chi connectivity index (χ0n) is 14.0. The molecule has 2 aromatic carbocycles. The fraction of sp³-hybridized carbons (Fsp3) is 0.316. The van der Waals surface area contributed by atoms with Crippen LogP contribution in [0.25, 0.3) is 0 Å². The van der Waals surface area contributed by atoms with Crippen LogP contribution in [0.2, 0.25) is 0 Å². The normalized spacial score (nSPS) is 12.0. The number of nitrogens with two attached hydrogens (primary N) is 1. The van der Waals surface area contributed by atoms with Crippen LogP contribution in [0.5, 0.6) is 17.2 Å². The lowest BCUT2D eigenvalue weighted by molar-refractivity contribution is -0.118. The van der Waals surface area contributed by atoms with Crippen LogP contribution in [0.4, 0.5) is 0 Å². The quantitative estimate of drug-likeness (QED) is 0.442. The Bertz CT molecular complexity index is 709.